The minimum Gasteiger partial charge on any atom is -0.458 e. The van der Waals surface area contributed by atoms with Crippen LogP contribution in [0, 0.1) is 12.8 Å². The summed E-state index contributed by atoms with van der Waals surface area (Å²) in [7, 11) is -2.99. The second kappa shape index (κ2) is 4.35. The Morgan fingerprint density at radius 1 is 1.37 bits per heavy atom. The average molecular weight is 280 g/mol. The first-order chi connectivity index (χ1) is 8.94. The molecule has 0 amide bonds. The van der Waals surface area contributed by atoms with E-state index in [9.17, 15) is 13.5 Å². The summed E-state index contributed by atoms with van der Waals surface area (Å²) in [4.78, 5) is 0. The van der Waals surface area contributed by atoms with E-state index in [4.69, 9.17) is 4.42 Å². The Labute approximate surface area is 112 Å². The van der Waals surface area contributed by atoms with Gasteiger partial charge in [0.1, 0.15) is 17.4 Å². The molecule has 1 saturated heterocycles. The van der Waals surface area contributed by atoms with Crippen LogP contribution in [0.5, 0.6) is 0 Å². The standard InChI is InChI=1S/C14H16O4S/c1-9-2-3-12-11(6-9)7-13(18-12)14(15)10-4-5-19(16,17)8-10/h2-3,6-7,10,14-15H,4-5,8H2,1H3. The molecule has 1 N–H and O–H groups in total. The van der Waals surface area contributed by atoms with Gasteiger partial charge in [-0.05, 0) is 31.5 Å². The Hall–Kier alpha value is -1.33. The first-order valence-corrected chi connectivity index (χ1v) is 8.15. The summed E-state index contributed by atoms with van der Waals surface area (Å²) in [6.45, 7) is 1.99. The number of rotatable bonds is 2. The van der Waals surface area contributed by atoms with Crippen molar-refractivity contribution in [2.75, 3.05) is 11.5 Å². The quantitative estimate of drug-likeness (QED) is 0.915. The smallest absolute Gasteiger partial charge is 0.150 e. The molecule has 2 heterocycles. The van der Waals surface area contributed by atoms with E-state index in [2.05, 4.69) is 0 Å². The van der Waals surface area contributed by atoms with Gasteiger partial charge >= 0.3 is 0 Å². The SMILES string of the molecule is Cc1ccc2oc(C(O)C3CCS(=O)(=O)C3)cc2c1. The zero-order chi connectivity index (χ0) is 13.6. The first-order valence-electron chi connectivity index (χ1n) is 6.33. The number of aryl methyl sites for hydroxylation is 1. The highest BCUT2D eigenvalue weighted by Crippen LogP contribution is 2.34. The van der Waals surface area contributed by atoms with Crippen LogP contribution in [0.25, 0.3) is 11.0 Å². The van der Waals surface area contributed by atoms with Gasteiger partial charge in [-0.1, -0.05) is 11.6 Å². The maximum atomic E-state index is 11.5. The van der Waals surface area contributed by atoms with Gasteiger partial charge in [0.05, 0.1) is 11.5 Å². The maximum absolute atomic E-state index is 11.5. The van der Waals surface area contributed by atoms with Crippen LogP contribution in [0.15, 0.2) is 28.7 Å². The summed E-state index contributed by atoms with van der Waals surface area (Å²) in [5, 5.41) is 11.2. The number of aliphatic hydroxyl groups excluding tert-OH is 1. The summed E-state index contributed by atoms with van der Waals surface area (Å²) in [5.41, 5.74) is 1.85. The van der Waals surface area contributed by atoms with Gasteiger partial charge in [0, 0.05) is 11.3 Å². The third-order valence-corrected chi connectivity index (χ3v) is 5.49. The summed E-state index contributed by atoms with van der Waals surface area (Å²) >= 11 is 0. The molecule has 19 heavy (non-hydrogen) atoms. The average Bonchev–Trinajstić information content (AvgIpc) is 2.90. The molecule has 0 spiro atoms. The molecule has 1 aromatic carbocycles. The molecular formula is C14H16O4S. The summed E-state index contributed by atoms with van der Waals surface area (Å²) in [6.07, 6.45) is -0.343. The number of furan rings is 1. The monoisotopic (exact) mass is 280 g/mol. The van der Waals surface area contributed by atoms with Crippen molar-refractivity contribution in [3.8, 4) is 0 Å². The predicted molar refractivity (Wildman–Crippen MR) is 72.7 cm³/mol. The Balaban J connectivity index is 1.91. The van der Waals surface area contributed by atoms with Crippen LogP contribution in [-0.2, 0) is 9.84 Å². The molecule has 0 aliphatic carbocycles. The van der Waals surface area contributed by atoms with Crippen molar-refractivity contribution in [2.24, 2.45) is 5.92 Å². The molecule has 102 valence electrons. The highest BCUT2D eigenvalue weighted by Gasteiger charge is 2.35. The van der Waals surface area contributed by atoms with Gasteiger partial charge in [-0.25, -0.2) is 8.42 Å². The number of benzene rings is 1. The molecule has 1 aliphatic rings. The highest BCUT2D eigenvalue weighted by atomic mass is 32.2. The Kier molecular flexibility index (Phi) is 2.91. The van der Waals surface area contributed by atoms with Crippen molar-refractivity contribution in [1.29, 1.82) is 0 Å². The van der Waals surface area contributed by atoms with E-state index in [-0.39, 0.29) is 17.4 Å². The van der Waals surface area contributed by atoms with Crippen LogP contribution in [0.3, 0.4) is 0 Å². The lowest BCUT2D eigenvalue weighted by molar-refractivity contribution is 0.0991. The molecule has 2 unspecified atom stereocenters. The lowest BCUT2D eigenvalue weighted by atomic mass is 10.00. The topological polar surface area (TPSA) is 67.5 Å². The molecule has 2 atom stereocenters. The normalized spacial score (nSPS) is 23.8. The fourth-order valence-electron chi connectivity index (χ4n) is 2.63. The molecule has 5 heteroatoms. The van der Waals surface area contributed by atoms with E-state index in [1.807, 2.05) is 25.1 Å². The van der Waals surface area contributed by atoms with Crippen LogP contribution in [0.1, 0.15) is 23.8 Å². The van der Waals surface area contributed by atoms with Crippen molar-refractivity contribution in [3.63, 3.8) is 0 Å². The fraction of sp³-hybridized carbons (Fsp3) is 0.429. The molecular weight excluding hydrogens is 264 g/mol. The lowest BCUT2D eigenvalue weighted by Gasteiger charge is -2.13. The van der Waals surface area contributed by atoms with Crippen LogP contribution < -0.4 is 0 Å². The Morgan fingerprint density at radius 3 is 2.84 bits per heavy atom. The highest BCUT2D eigenvalue weighted by molar-refractivity contribution is 7.91. The van der Waals surface area contributed by atoms with Crippen LogP contribution in [-0.4, -0.2) is 25.0 Å². The second-order valence-corrected chi connectivity index (χ2v) is 7.53. The number of hydrogen-bond acceptors (Lipinski definition) is 4. The number of aliphatic hydroxyl groups is 1. The molecule has 3 rings (SSSR count). The molecule has 1 aromatic heterocycles. The zero-order valence-corrected chi connectivity index (χ0v) is 11.5. The molecule has 0 saturated carbocycles. The van der Waals surface area contributed by atoms with E-state index in [0.29, 0.717) is 12.2 Å². The number of fused-ring (bicyclic) bond motifs is 1. The lowest BCUT2D eigenvalue weighted by Crippen LogP contribution is -2.13. The maximum Gasteiger partial charge on any atom is 0.150 e. The van der Waals surface area contributed by atoms with Crippen molar-refractivity contribution in [3.05, 3.63) is 35.6 Å². The Bertz CT molecular complexity index is 714. The third-order valence-electron chi connectivity index (χ3n) is 3.70. The van der Waals surface area contributed by atoms with Crippen molar-refractivity contribution >= 4 is 20.8 Å². The second-order valence-electron chi connectivity index (χ2n) is 5.30. The van der Waals surface area contributed by atoms with E-state index in [0.717, 1.165) is 16.5 Å². The fourth-order valence-corrected chi connectivity index (χ4v) is 4.46. The van der Waals surface area contributed by atoms with Gasteiger partial charge in [0.2, 0.25) is 0 Å². The van der Waals surface area contributed by atoms with Gasteiger partial charge in [0.15, 0.2) is 9.84 Å². The van der Waals surface area contributed by atoms with E-state index >= 15 is 0 Å². The van der Waals surface area contributed by atoms with Gasteiger partial charge in [-0.15, -0.1) is 0 Å². The minimum absolute atomic E-state index is 0.0459. The minimum atomic E-state index is -2.99. The largest absolute Gasteiger partial charge is 0.458 e. The number of sulfone groups is 1. The molecule has 1 aliphatic heterocycles. The third kappa shape index (κ3) is 2.40. The van der Waals surface area contributed by atoms with Gasteiger partial charge in [-0.3, -0.25) is 0 Å². The van der Waals surface area contributed by atoms with E-state index in [1.165, 1.54) is 0 Å². The van der Waals surface area contributed by atoms with Crippen molar-refractivity contribution < 1.29 is 17.9 Å². The molecule has 4 nitrogen and oxygen atoms in total. The summed E-state index contributed by atoms with van der Waals surface area (Å²) in [5.74, 6) is 0.410. The van der Waals surface area contributed by atoms with Gasteiger partial charge in [-0.2, -0.15) is 0 Å². The molecule has 0 bridgehead atoms. The zero-order valence-electron chi connectivity index (χ0n) is 10.7. The van der Waals surface area contributed by atoms with Crippen LogP contribution in [0.2, 0.25) is 0 Å². The van der Waals surface area contributed by atoms with E-state index < -0.39 is 15.9 Å². The van der Waals surface area contributed by atoms with Crippen molar-refractivity contribution in [1.82, 2.24) is 0 Å². The summed E-state index contributed by atoms with van der Waals surface area (Å²) < 4.78 is 28.5. The van der Waals surface area contributed by atoms with Gasteiger partial charge < -0.3 is 9.52 Å². The van der Waals surface area contributed by atoms with Crippen LogP contribution in [0.4, 0.5) is 0 Å². The number of hydrogen-bond donors (Lipinski definition) is 1. The van der Waals surface area contributed by atoms with E-state index in [1.54, 1.807) is 6.07 Å². The molecule has 1 fully saturated rings. The Morgan fingerprint density at radius 2 is 2.16 bits per heavy atom. The first kappa shape index (κ1) is 12.7. The molecule has 2 aromatic rings. The van der Waals surface area contributed by atoms with Crippen LogP contribution >= 0.6 is 0 Å². The molecule has 0 radical (unpaired) electrons. The summed E-state index contributed by atoms with van der Waals surface area (Å²) in [6, 6.07) is 7.60. The van der Waals surface area contributed by atoms with Crippen molar-refractivity contribution in [2.45, 2.75) is 19.4 Å². The van der Waals surface area contributed by atoms with Gasteiger partial charge in [0.25, 0.3) is 0 Å². The predicted octanol–water partition coefficient (Wildman–Crippen LogP) is 2.21.